The Hall–Kier alpha value is -6.32. The van der Waals surface area contributed by atoms with E-state index in [1.807, 2.05) is 20.8 Å². The van der Waals surface area contributed by atoms with Crippen LogP contribution in [0.1, 0.15) is 94.9 Å². The lowest BCUT2D eigenvalue weighted by Crippen LogP contribution is -2.49. The third-order valence-corrected chi connectivity index (χ3v) is 16.6. The van der Waals surface area contributed by atoms with Crippen molar-refractivity contribution in [3.8, 4) is 0 Å². The molecule has 468 valence electrons. The van der Waals surface area contributed by atoms with Crippen LogP contribution in [-0.2, 0) is 67.1 Å². The highest BCUT2D eigenvalue weighted by molar-refractivity contribution is 8.77. The maximum absolute atomic E-state index is 13.0. The number of hydrogen-bond donors (Lipinski definition) is 2. The van der Waals surface area contributed by atoms with Gasteiger partial charge in [-0.1, -0.05) is 63.6 Å². The van der Waals surface area contributed by atoms with Gasteiger partial charge in [-0.15, -0.1) is 0 Å². The Morgan fingerprint density at radius 1 is 0.402 bits per heavy atom. The van der Waals surface area contributed by atoms with Crippen molar-refractivity contribution >= 4 is 104 Å². The van der Waals surface area contributed by atoms with Crippen molar-refractivity contribution in [2.45, 2.75) is 111 Å². The predicted molar refractivity (Wildman–Crippen MR) is 315 cm³/mol. The molecule has 0 heterocycles. The molecule has 26 nitrogen and oxygen atoms in total. The lowest BCUT2D eigenvalue weighted by molar-refractivity contribution is -0.146. The standard InChI is InChI=1S/C53H92N12O14S2.CH4/c1-35(2)51(78)38(6)55-40(67)25-56(9)42(69)27-58(11)44(71)29-60(13)46(73)31-62(15)48(75)33-64(17)50(77)34-65(18)49(76)32-63(16)47(74)30-61(14)45(72)28-59(12)43(70)26-57(10)41(68)21-19-20-39(66)22-23-53(7,8)81-80-37(5)24-54-52(79)36(3)4;/h35-38H,19-34H2,1-18H3,(H,54,79)(H,55,67);1H4/t37?,38-;/m0./s1. The molecule has 0 aromatic rings. The summed E-state index contributed by atoms with van der Waals surface area (Å²) in [6, 6.07) is -0.740. The fourth-order valence-corrected chi connectivity index (χ4v) is 9.29. The van der Waals surface area contributed by atoms with Crippen LogP contribution in [-0.4, -0.2) is 290 Å². The van der Waals surface area contributed by atoms with E-state index in [-0.39, 0.29) is 78.6 Å². The summed E-state index contributed by atoms with van der Waals surface area (Å²) in [4.78, 5) is 189. The smallest absolute Gasteiger partial charge is 0.242 e. The molecule has 0 radical (unpaired) electrons. The summed E-state index contributed by atoms with van der Waals surface area (Å²) in [6.07, 6.45) is 1.58. The monoisotopic (exact) mass is 1200 g/mol. The van der Waals surface area contributed by atoms with Gasteiger partial charge in [0.15, 0.2) is 5.78 Å². The minimum Gasteiger partial charge on any atom is -0.355 e. The van der Waals surface area contributed by atoms with Crippen LogP contribution in [0.25, 0.3) is 0 Å². The Bertz CT molecular complexity index is 2250. The molecule has 0 spiro atoms. The van der Waals surface area contributed by atoms with Gasteiger partial charge in [-0.2, -0.15) is 0 Å². The molecule has 0 aliphatic carbocycles. The van der Waals surface area contributed by atoms with Crippen LogP contribution in [0, 0.1) is 11.8 Å². The van der Waals surface area contributed by atoms with Crippen molar-refractivity contribution in [1.82, 2.24) is 59.6 Å². The van der Waals surface area contributed by atoms with E-state index in [0.717, 1.165) is 44.1 Å². The number of carbonyl (C=O) groups is 14. The summed E-state index contributed by atoms with van der Waals surface area (Å²) >= 11 is 0. The molecule has 0 aliphatic rings. The minimum absolute atomic E-state index is 0. The van der Waals surface area contributed by atoms with Crippen LogP contribution >= 0.6 is 21.6 Å². The number of hydrogen-bond acceptors (Lipinski definition) is 16. The number of amides is 12. The number of nitrogens with zero attached hydrogens (tertiary/aromatic N) is 10. The number of likely N-dealkylation sites (N-methyl/N-ethyl adjacent to an activating group) is 10. The van der Waals surface area contributed by atoms with Crippen LogP contribution in [0.15, 0.2) is 0 Å². The van der Waals surface area contributed by atoms with Crippen molar-refractivity contribution in [3.05, 3.63) is 0 Å². The van der Waals surface area contributed by atoms with Crippen LogP contribution in [0.2, 0.25) is 0 Å². The van der Waals surface area contributed by atoms with Gasteiger partial charge >= 0.3 is 0 Å². The average molecular weight is 1200 g/mol. The molecular weight excluding hydrogens is 1100 g/mol. The molecule has 2 N–H and O–H groups in total. The van der Waals surface area contributed by atoms with E-state index < -0.39 is 117 Å². The SMILES string of the molecule is C.CC(CNC(=O)C(C)C)SSC(C)(C)CCC(=O)CCCC(=O)N(C)CC(=O)N(C)CC(=O)N(C)CC(=O)N(C)CC(=O)N(C)CC(=O)N(C)CC(=O)N(C)CC(=O)N(C)CC(=O)N(C)CC(=O)N(C)CC(=O)N[C@@H](C)C(=O)C(C)C. The molecule has 0 rings (SSSR count). The molecule has 0 saturated heterocycles. The van der Waals surface area contributed by atoms with Crippen LogP contribution in [0.3, 0.4) is 0 Å². The predicted octanol–water partition coefficient (Wildman–Crippen LogP) is -0.223. The zero-order valence-electron chi connectivity index (χ0n) is 51.1. The average Bonchev–Trinajstić information content (AvgIpc) is 3.37. The first-order valence-corrected chi connectivity index (χ1v) is 28.9. The van der Waals surface area contributed by atoms with Gasteiger partial charge in [0, 0.05) is 118 Å². The van der Waals surface area contributed by atoms with Gasteiger partial charge in [0.1, 0.15) is 5.78 Å². The zero-order valence-corrected chi connectivity index (χ0v) is 52.8. The molecule has 0 saturated carbocycles. The maximum Gasteiger partial charge on any atom is 0.242 e. The topological polar surface area (TPSA) is 295 Å². The fourth-order valence-electron chi connectivity index (χ4n) is 6.80. The van der Waals surface area contributed by atoms with Crippen LogP contribution < -0.4 is 10.6 Å². The molecule has 0 bridgehead atoms. The van der Waals surface area contributed by atoms with Crippen molar-refractivity contribution < 1.29 is 67.1 Å². The largest absolute Gasteiger partial charge is 0.355 e. The second kappa shape index (κ2) is 37.7. The highest BCUT2D eigenvalue weighted by Crippen LogP contribution is 2.41. The van der Waals surface area contributed by atoms with E-state index in [1.165, 1.54) is 75.4 Å². The molecule has 2 atom stereocenters. The fraction of sp³-hybridized carbons (Fsp3) is 0.741. The van der Waals surface area contributed by atoms with Crippen LogP contribution in [0.5, 0.6) is 0 Å². The first-order chi connectivity index (χ1) is 37.3. The van der Waals surface area contributed by atoms with Gasteiger partial charge in [-0.25, -0.2) is 0 Å². The molecule has 0 aromatic carbocycles. The molecule has 1 unspecified atom stereocenters. The molecular formula is C54H96N12O14S2. The number of Topliss-reactive ketones (excluding diaryl/α,β-unsaturated/α-hetero) is 2. The number of ketones is 2. The summed E-state index contributed by atoms with van der Waals surface area (Å²) < 4.78 is -0.187. The Balaban J connectivity index is 0. The molecule has 0 aliphatic heterocycles. The van der Waals surface area contributed by atoms with E-state index >= 15 is 0 Å². The zero-order chi connectivity index (χ0) is 62.8. The first kappa shape index (κ1) is 77.7. The highest BCUT2D eigenvalue weighted by Gasteiger charge is 2.28. The summed E-state index contributed by atoms with van der Waals surface area (Å²) in [5.41, 5.74) is 0. The normalized spacial score (nSPS) is 11.7. The van der Waals surface area contributed by atoms with E-state index in [9.17, 15) is 67.1 Å². The van der Waals surface area contributed by atoms with E-state index in [4.69, 9.17) is 0 Å². The second-order valence-electron chi connectivity index (χ2n) is 21.9. The van der Waals surface area contributed by atoms with Gasteiger partial charge in [0.05, 0.1) is 71.5 Å². The summed E-state index contributed by atoms with van der Waals surface area (Å²) in [6.45, 7) is 11.1. The first-order valence-electron chi connectivity index (χ1n) is 26.7. The van der Waals surface area contributed by atoms with Crippen molar-refractivity contribution in [3.63, 3.8) is 0 Å². The van der Waals surface area contributed by atoms with Gasteiger partial charge in [-0.05, 0) is 33.6 Å². The summed E-state index contributed by atoms with van der Waals surface area (Å²) in [7, 11) is 16.8. The van der Waals surface area contributed by atoms with E-state index in [2.05, 4.69) is 24.5 Å². The maximum atomic E-state index is 13.0. The Labute approximate surface area is 494 Å². The molecule has 28 heteroatoms. The minimum atomic E-state index is -0.740. The number of rotatable bonds is 36. The third-order valence-electron chi connectivity index (χ3n) is 12.7. The van der Waals surface area contributed by atoms with E-state index in [1.54, 1.807) is 42.4 Å². The van der Waals surface area contributed by atoms with Gasteiger partial charge < -0.3 is 59.6 Å². The summed E-state index contributed by atoms with van der Waals surface area (Å²) in [5, 5.41) is 5.66. The quantitative estimate of drug-likeness (QED) is 0.0767. The third kappa shape index (κ3) is 30.7. The van der Waals surface area contributed by atoms with Gasteiger partial charge in [0.2, 0.25) is 70.9 Å². The summed E-state index contributed by atoms with van der Waals surface area (Å²) in [5.74, 6) is -6.88. The van der Waals surface area contributed by atoms with Crippen molar-refractivity contribution in [2.75, 3.05) is 142 Å². The van der Waals surface area contributed by atoms with Crippen molar-refractivity contribution in [2.24, 2.45) is 11.8 Å². The number of nitrogens with one attached hydrogen (secondary N) is 2. The molecule has 0 fully saturated rings. The van der Waals surface area contributed by atoms with Gasteiger partial charge in [0.25, 0.3) is 0 Å². The highest BCUT2D eigenvalue weighted by atomic mass is 33.1. The van der Waals surface area contributed by atoms with E-state index in [0.29, 0.717) is 25.8 Å². The van der Waals surface area contributed by atoms with Gasteiger partial charge in [-0.3, -0.25) is 67.1 Å². The Kier molecular flexibility index (Phi) is 35.8. The van der Waals surface area contributed by atoms with Crippen molar-refractivity contribution in [1.29, 1.82) is 0 Å². The second-order valence-corrected chi connectivity index (χ2v) is 25.2. The Morgan fingerprint density at radius 2 is 0.695 bits per heavy atom. The molecule has 82 heavy (non-hydrogen) atoms. The number of carbonyl (C=O) groups excluding carboxylic acids is 14. The lowest BCUT2D eigenvalue weighted by Gasteiger charge is -2.27. The molecule has 0 aromatic heterocycles. The molecule has 12 amide bonds. The van der Waals surface area contributed by atoms with Crippen LogP contribution in [0.4, 0.5) is 0 Å². The lowest BCUT2D eigenvalue weighted by atomic mass is 10.0. The Morgan fingerprint density at radius 3 is 0.988 bits per heavy atom.